The molecule has 8 nitrogen and oxygen atoms in total. The first-order valence-corrected chi connectivity index (χ1v) is 10.9. The molecular formula is C24H23N7O. The molecule has 1 saturated heterocycles. The van der Waals surface area contributed by atoms with Crippen LogP contribution in [0.1, 0.15) is 5.56 Å². The average Bonchev–Trinajstić information content (AvgIpc) is 3.53. The van der Waals surface area contributed by atoms with Crippen LogP contribution in [0.4, 0.5) is 17.5 Å². The molecule has 0 unspecified atom stereocenters. The minimum Gasteiger partial charge on any atom is -0.378 e. The molecule has 4 aromatic rings. The smallest absolute Gasteiger partial charge is 0.229 e. The van der Waals surface area contributed by atoms with Crippen LogP contribution in [0.15, 0.2) is 67.1 Å². The number of aromatic nitrogens is 5. The molecule has 6 rings (SSSR count). The molecule has 5 heterocycles. The van der Waals surface area contributed by atoms with Gasteiger partial charge in [-0.05, 0) is 24.6 Å². The Kier molecular flexibility index (Phi) is 4.77. The van der Waals surface area contributed by atoms with E-state index in [0.717, 1.165) is 66.1 Å². The molecule has 1 fully saturated rings. The third-order valence-corrected chi connectivity index (χ3v) is 5.94. The van der Waals surface area contributed by atoms with Gasteiger partial charge in [-0.3, -0.25) is 4.98 Å². The van der Waals surface area contributed by atoms with Gasteiger partial charge in [-0.15, -0.1) is 0 Å². The van der Waals surface area contributed by atoms with Gasteiger partial charge in [0.25, 0.3) is 0 Å². The minimum absolute atomic E-state index is 0.684. The molecule has 1 aromatic carbocycles. The van der Waals surface area contributed by atoms with Crippen LogP contribution in [0.25, 0.3) is 17.1 Å². The summed E-state index contributed by atoms with van der Waals surface area (Å²) < 4.78 is 7.43. The number of hydrogen-bond donors (Lipinski definition) is 0. The van der Waals surface area contributed by atoms with Crippen molar-refractivity contribution in [3.05, 3.63) is 72.7 Å². The van der Waals surface area contributed by atoms with Gasteiger partial charge in [-0.25, -0.2) is 4.68 Å². The van der Waals surface area contributed by atoms with E-state index in [1.54, 1.807) is 0 Å². The van der Waals surface area contributed by atoms with Gasteiger partial charge in [0, 0.05) is 55.0 Å². The lowest BCUT2D eigenvalue weighted by molar-refractivity contribution is 0.122. The molecule has 0 saturated carbocycles. The molecule has 32 heavy (non-hydrogen) atoms. The molecule has 2 aliphatic rings. The predicted molar refractivity (Wildman–Crippen MR) is 123 cm³/mol. The van der Waals surface area contributed by atoms with Gasteiger partial charge in [-0.2, -0.15) is 15.1 Å². The van der Waals surface area contributed by atoms with Crippen molar-refractivity contribution in [1.29, 1.82) is 0 Å². The molecule has 160 valence electrons. The summed E-state index contributed by atoms with van der Waals surface area (Å²) in [6.45, 7) is 3.78. The zero-order chi connectivity index (χ0) is 21.3. The van der Waals surface area contributed by atoms with Crippen molar-refractivity contribution < 1.29 is 4.74 Å². The Morgan fingerprint density at radius 3 is 2.41 bits per heavy atom. The molecule has 3 aromatic heterocycles. The normalized spacial score (nSPS) is 15.8. The lowest BCUT2D eigenvalue weighted by Crippen LogP contribution is -2.37. The highest BCUT2D eigenvalue weighted by Crippen LogP contribution is 2.37. The van der Waals surface area contributed by atoms with Gasteiger partial charge in [0.1, 0.15) is 5.82 Å². The van der Waals surface area contributed by atoms with Crippen LogP contribution in [-0.2, 0) is 11.2 Å². The standard InChI is InChI=1S/C24H23N7O/c1-2-4-18(5-3-1)21-9-13-31(28-21)23-20-8-12-30(19-6-10-25-11-7-19)22(20)26-24(27-23)29-14-16-32-17-15-29/h1-7,9-11,13H,8,12,14-17H2. The van der Waals surface area contributed by atoms with Gasteiger partial charge in [0.05, 0.1) is 18.9 Å². The maximum atomic E-state index is 5.54. The zero-order valence-electron chi connectivity index (χ0n) is 17.6. The Balaban J connectivity index is 1.46. The highest BCUT2D eigenvalue weighted by molar-refractivity contribution is 5.70. The molecule has 0 amide bonds. The molecular weight excluding hydrogens is 402 g/mol. The van der Waals surface area contributed by atoms with Gasteiger partial charge in [0.2, 0.25) is 5.95 Å². The highest BCUT2D eigenvalue weighted by atomic mass is 16.5. The largest absolute Gasteiger partial charge is 0.378 e. The zero-order valence-corrected chi connectivity index (χ0v) is 17.6. The van der Waals surface area contributed by atoms with Crippen LogP contribution in [0.2, 0.25) is 0 Å². The van der Waals surface area contributed by atoms with E-state index in [1.165, 1.54) is 0 Å². The minimum atomic E-state index is 0.684. The fourth-order valence-corrected chi connectivity index (χ4v) is 4.30. The molecule has 0 atom stereocenters. The van der Waals surface area contributed by atoms with E-state index in [-0.39, 0.29) is 0 Å². The third-order valence-electron chi connectivity index (χ3n) is 5.94. The second kappa shape index (κ2) is 8.05. The molecule has 0 N–H and O–H groups in total. The fraction of sp³-hybridized carbons (Fsp3) is 0.250. The van der Waals surface area contributed by atoms with Crippen LogP contribution in [-0.4, -0.2) is 57.6 Å². The summed E-state index contributed by atoms with van der Waals surface area (Å²) in [5.41, 5.74) is 4.21. The second-order valence-corrected chi connectivity index (χ2v) is 7.87. The number of morpholine rings is 1. The topological polar surface area (TPSA) is 72.2 Å². The molecule has 0 aliphatic carbocycles. The first-order valence-electron chi connectivity index (χ1n) is 10.9. The fourth-order valence-electron chi connectivity index (χ4n) is 4.30. The lowest BCUT2D eigenvalue weighted by atomic mass is 10.2. The van der Waals surface area contributed by atoms with E-state index in [9.17, 15) is 0 Å². The summed E-state index contributed by atoms with van der Waals surface area (Å²) >= 11 is 0. The number of nitrogens with zero attached hydrogens (tertiary/aromatic N) is 7. The molecule has 0 spiro atoms. The van der Waals surface area contributed by atoms with Crippen LogP contribution in [0.5, 0.6) is 0 Å². The average molecular weight is 425 g/mol. The Morgan fingerprint density at radius 2 is 1.59 bits per heavy atom. The van der Waals surface area contributed by atoms with Gasteiger partial charge in [-0.1, -0.05) is 30.3 Å². The predicted octanol–water partition coefficient (Wildman–Crippen LogP) is 3.26. The van der Waals surface area contributed by atoms with Crippen LogP contribution >= 0.6 is 0 Å². The van der Waals surface area contributed by atoms with Crippen LogP contribution < -0.4 is 9.80 Å². The number of rotatable bonds is 4. The summed E-state index contributed by atoms with van der Waals surface area (Å²) in [7, 11) is 0. The maximum Gasteiger partial charge on any atom is 0.229 e. The monoisotopic (exact) mass is 425 g/mol. The Hall–Kier alpha value is -3.78. The van der Waals surface area contributed by atoms with E-state index in [1.807, 2.05) is 59.7 Å². The second-order valence-electron chi connectivity index (χ2n) is 7.87. The Morgan fingerprint density at radius 1 is 0.812 bits per heavy atom. The molecule has 0 radical (unpaired) electrons. The van der Waals surface area contributed by atoms with Crippen molar-refractivity contribution in [3.63, 3.8) is 0 Å². The van der Waals surface area contributed by atoms with Crippen LogP contribution in [0, 0.1) is 0 Å². The summed E-state index contributed by atoms with van der Waals surface area (Å²) in [5, 5.41) is 4.87. The van der Waals surface area contributed by atoms with Crippen molar-refractivity contribution in [1.82, 2.24) is 24.7 Å². The van der Waals surface area contributed by atoms with E-state index in [4.69, 9.17) is 19.8 Å². The van der Waals surface area contributed by atoms with E-state index in [0.29, 0.717) is 13.2 Å². The van der Waals surface area contributed by atoms with E-state index < -0.39 is 0 Å². The van der Waals surface area contributed by atoms with E-state index >= 15 is 0 Å². The molecule has 0 bridgehead atoms. The van der Waals surface area contributed by atoms with Crippen molar-refractivity contribution in [3.8, 4) is 17.1 Å². The van der Waals surface area contributed by atoms with Crippen molar-refractivity contribution in [2.75, 3.05) is 42.6 Å². The number of pyridine rings is 1. The van der Waals surface area contributed by atoms with Gasteiger partial charge >= 0.3 is 0 Å². The summed E-state index contributed by atoms with van der Waals surface area (Å²) in [5.74, 6) is 2.51. The highest BCUT2D eigenvalue weighted by Gasteiger charge is 2.29. The summed E-state index contributed by atoms with van der Waals surface area (Å²) in [4.78, 5) is 18.6. The number of anilines is 3. The van der Waals surface area contributed by atoms with Crippen molar-refractivity contribution in [2.45, 2.75) is 6.42 Å². The first kappa shape index (κ1) is 18.9. The van der Waals surface area contributed by atoms with Crippen molar-refractivity contribution in [2.24, 2.45) is 0 Å². The lowest BCUT2D eigenvalue weighted by Gasteiger charge is -2.28. The molecule has 2 aliphatic heterocycles. The summed E-state index contributed by atoms with van der Waals surface area (Å²) in [6.07, 6.45) is 6.48. The summed E-state index contributed by atoms with van der Waals surface area (Å²) in [6, 6.07) is 16.3. The number of benzene rings is 1. The first-order chi connectivity index (χ1) is 15.9. The van der Waals surface area contributed by atoms with Crippen molar-refractivity contribution >= 4 is 17.5 Å². The number of fused-ring (bicyclic) bond motifs is 1. The maximum absolute atomic E-state index is 5.54. The SMILES string of the molecule is c1ccc(-c2ccn(-c3nc(N4CCOCC4)nc4c3CCN4c3ccncc3)n2)cc1. The van der Waals surface area contributed by atoms with Gasteiger partial charge in [0.15, 0.2) is 5.82 Å². The number of ether oxygens (including phenoxy) is 1. The third kappa shape index (κ3) is 3.38. The Labute approximate surface area is 186 Å². The quantitative estimate of drug-likeness (QED) is 0.497. The van der Waals surface area contributed by atoms with Gasteiger partial charge < -0.3 is 14.5 Å². The van der Waals surface area contributed by atoms with Crippen LogP contribution in [0.3, 0.4) is 0 Å². The Bertz CT molecular complexity index is 1220. The molecule has 8 heteroatoms. The number of hydrogen-bond acceptors (Lipinski definition) is 7. The van der Waals surface area contributed by atoms with E-state index in [2.05, 4.69) is 26.9 Å².